The van der Waals surface area contributed by atoms with E-state index in [4.69, 9.17) is 0 Å². The Morgan fingerprint density at radius 1 is 0.875 bits per heavy atom. The molecule has 3 aromatic carbocycles. The van der Waals surface area contributed by atoms with Gasteiger partial charge in [0.05, 0.1) is 18.7 Å². The summed E-state index contributed by atoms with van der Waals surface area (Å²) >= 11 is 0. The van der Waals surface area contributed by atoms with Gasteiger partial charge in [0.25, 0.3) is 5.91 Å². The van der Waals surface area contributed by atoms with E-state index >= 15 is 0 Å². The minimum absolute atomic E-state index is 0.213. The number of benzene rings is 3. The molecule has 0 unspecified atom stereocenters. The third-order valence-corrected chi connectivity index (χ3v) is 6.89. The smallest absolute Gasteiger partial charge is 0.264 e. The van der Waals surface area contributed by atoms with Crippen LogP contribution in [-0.2, 0) is 16.9 Å². The Kier molecular flexibility index (Phi) is 5.51. The predicted octanol–water partition coefficient (Wildman–Crippen LogP) is 5.24. The summed E-state index contributed by atoms with van der Waals surface area (Å²) < 4.78 is 0. The molecular weight excluding hydrogens is 398 g/mol. The van der Waals surface area contributed by atoms with Crippen molar-refractivity contribution in [3.05, 3.63) is 99.1 Å². The number of hydrogen-bond donors (Lipinski definition) is 1. The van der Waals surface area contributed by atoms with Crippen molar-refractivity contribution in [2.24, 2.45) is 0 Å². The highest BCUT2D eigenvalue weighted by Gasteiger charge is 2.51. The third-order valence-electron chi connectivity index (χ3n) is 6.89. The van der Waals surface area contributed by atoms with Crippen molar-refractivity contribution < 1.29 is 14.7 Å². The number of fused-ring (bicyclic) bond motifs is 1. The van der Waals surface area contributed by atoms with Crippen LogP contribution < -0.4 is 4.90 Å². The Morgan fingerprint density at radius 3 is 2.12 bits per heavy atom. The van der Waals surface area contributed by atoms with Gasteiger partial charge >= 0.3 is 0 Å². The number of amides is 1. The highest BCUT2D eigenvalue weighted by molar-refractivity contribution is 6.11. The number of carbonyl (C=O) groups is 2. The average Bonchev–Trinajstić information content (AvgIpc) is 2.96. The van der Waals surface area contributed by atoms with Gasteiger partial charge in [-0.25, -0.2) is 0 Å². The Bertz CT molecular complexity index is 1220. The first-order valence-electron chi connectivity index (χ1n) is 10.9. The number of nitrogens with zero attached hydrogens (tertiary/aromatic N) is 1. The van der Waals surface area contributed by atoms with Crippen molar-refractivity contribution in [2.45, 2.75) is 53.2 Å². The van der Waals surface area contributed by atoms with Crippen LogP contribution in [-0.4, -0.2) is 16.8 Å². The molecule has 164 valence electrons. The molecule has 32 heavy (non-hydrogen) atoms. The number of para-hydroxylation sites is 1. The average molecular weight is 428 g/mol. The van der Waals surface area contributed by atoms with Gasteiger partial charge in [-0.1, -0.05) is 48.5 Å². The Labute approximate surface area is 189 Å². The van der Waals surface area contributed by atoms with Crippen LogP contribution in [0.5, 0.6) is 0 Å². The molecule has 1 N–H and O–H groups in total. The fourth-order valence-corrected chi connectivity index (χ4v) is 4.75. The Morgan fingerprint density at radius 2 is 1.47 bits per heavy atom. The lowest BCUT2D eigenvalue weighted by Crippen LogP contribution is -2.41. The second kappa shape index (κ2) is 8.03. The number of rotatable bonds is 5. The van der Waals surface area contributed by atoms with Gasteiger partial charge in [-0.15, -0.1) is 0 Å². The quantitative estimate of drug-likeness (QED) is 0.567. The highest BCUT2D eigenvalue weighted by atomic mass is 16.3. The van der Waals surface area contributed by atoms with Crippen LogP contribution in [0.2, 0.25) is 0 Å². The zero-order valence-corrected chi connectivity index (χ0v) is 19.3. The lowest BCUT2D eigenvalue weighted by molar-refractivity contribution is -0.136. The van der Waals surface area contributed by atoms with E-state index < -0.39 is 11.5 Å². The number of aryl methyl sites for hydroxylation is 3. The molecule has 0 spiro atoms. The fourth-order valence-electron chi connectivity index (χ4n) is 4.75. The van der Waals surface area contributed by atoms with E-state index in [9.17, 15) is 14.7 Å². The zero-order valence-electron chi connectivity index (χ0n) is 19.3. The van der Waals surface area contributed by atoms with Gasteiger partial charge in [0.2, 0.25) is 0 Å². The largest absolute Gasteiger partial charge is 0.375 e. The molecule has 1 amide bonds. The summed E-state index contributed by atoms with van der Waals surface area (Å²) in [6.07, 6.45) is -0.280. The molecule has 1 aliphatic rings. The number of aliphatic hydroxyl groups is 1. The monoisotopic (exact) mass is 427 g/mol. The van der Waals surface area contributed by atoms with E-state index in [1.54, 1.807) is 17.0 Å². The van der Waals surface area contributed by atoms with Gasteiger partial charge in [-0.2, -0.15) is 0 Å². The molecule has 1 atom stereocenters. The molecule has 1 aliphatic heterocycles. The van der Waals surface area contributed by atoms with E-state index in [0.29, 0.717) is 23.4 Å². The minimum Gasteiger partial charge on any atom is -0.375 e. The number of Topliss-reactive ketones (excluding diaryl/α,β-unsaturated/α-hetero) is 1. The highest BCUT2D eigenvalue weighted by Crippen LogP contribution is 2.44. The van der Waals surface area contributed by atoms with Gasteiger partial charge in [-0.3, -0.25) is 9.59 Å². The van der Waals surface area contributed by atoms with Gasteiger partial charge in [0, 0.05) is 11.1 Å². The first kappa shape index (κ1) is 22.0. The molecule has 0 radical (unpaired) electrons. The van der Waals surface area contributed by atoms with E-state index in [1.165, 1.54) is 0 Å². The maximum Gasteiger partial charge on any atom is 0.264 e. The van der Waals surface area contributed by atoms with Crippen molar-refractivity contribution in [3.63, 3.8) is 0 Å². The van der Waals surface area contributed by atoms with E-state index in [0.717, 1.165) is 33.4 Å². The number of carbonyl (C=O) groups excluding carboxylic acids is 2. The van der Waals surface area contributed by atoms with Crippen LogP contribution in [0, 0.1) is 34.6 Å². The molecule has 3 aromatic rings. The zero-order chi connectivity index (χ0) is 23.2. The van der Waals surface area contributed by atoms with Crippen LogP contribution in [0.25, 0.3) is 0 Å². The van der Waals surface area contributed by atoms with Gasteiger partial charge in [0.15, 0.2) is 11.4 Å². The summed E-state index contributed by atoms with van der Waals surface area (Å²) in [5, 5.41) is 11.7. The normalized spacial score (nSPS) is 17.6. The molecule has 0 aromatic heterocycles. The Balaban J connectivity index is 1.74. The first-order valence-corrected chi connectivity index (χ1v) is 10.9. The number of anilines is 1. The summed E-state index contributed by atoms with van der Waals surface area (Å²) in [6, 6.07) is 17.2. The summed E-state index contributed by atoms with van der Waals surface area (Å²) in [6.45, 7) is 10.2. The van der Waals surface area contributed by atoms with Gasteiger partial charge in [0.1, 0.15) is 0 Å². The third kappa shape index (κ3) is 3.45. The van der Waals surface area contributed by atoms with Crippen LogP contribution >= 0.6 is 0 Å². The summed E-state index contributed by atoms with van der Waals surface area (Å²) in [7, 11) is 0. The molecule has 0 saturated carbocycles. The molecule has 4 heteroatoms. The van der Waals surface area contributed by atoms with Gasteiger partial charge in [-0.05, 0) is 74.1 Å². The van der Waals surface area contributed by atoms with Crippen LogP contribution in [0.4, 0.5) is 5.69 Å². The maximum atomic E-state index is 13.6. The second-order valence-electron chi connectivity index (χ2n) is 8.93. The van der Waals surface area contributed by atoms with Crippen molar-refractivity contribution >= 4 is 17.4 Å². The second-order valence-corrected chi connectivity index (χ2v) is 8.93. The van der Waals surface area contributed by atoms with E-state index in [2.05, 4.69) is 6.07 Å². The van der Waals surface area contributed by atoms with Gasteiger partial charge < -0.3 is 10.0 Å². The molecule has 1 heterocycles. The lowest BCUT2D eigenvalue weighted by Gasteiger charge is -2.24. The van der Waals surface area contributed by atoms with E-state index in [-0.39, 0.29) is 12.2 Å². The molecular formula is C28H29NO3. The maximum absolute atomic E-state index is 13.6. The molecule has 0 aliphatic carbocycles. The fraction of sp³-hybridized carbons (Fsp3) is 0.286. The molecule has 0 saturated heterocycles. The first-order chi connectivity index (χ1) is 15.1. The van der Waals surface area contributed by atoms with Crippen LogP contribution in [0.3, 0.4) is 0 Å². The minimum atomic E-state index is -1.88. The predicted molar refractivity (Wildman–Crippen MR) is 127 cm³/mol. The van der Waals surface area contributed by atoms with Crippen molar-refractivity contribution in [1.29, 1.82) is 0 Å². The van der Waals surface area contributed by atoms with E-state index in [1.807, 2.05) is 71.0 Å². The van der Waals surface area contributed by atoms with Crippen LogP contribution in [0.1, 0.15) is 55.7 Å². The molecule has 4 rings (SSSR count). The topological polar surface area (TPSA) is 57.6 Å². The Hall–Kier alpha value is -3.24. The lowest BCUT2D eigenvalue weighted by atomic mass is 9.84. The summed E-state index contributed by atoms with van der Waals surface area (Å²) in [4.78, 5) is 28.7. The van der Waals surface area contributed by atoms with Crippen LogP contribution in [0.15, 0.2) is 54.6 Å². The van der Waals surface area contributed by atoms with Crippen molar-refractivity contribution in [3.8, 4) is 0 Å². The summed E-state index contributed by atoms with van der Waals surface area (Å²) in [5.74, 6) is -0.662. The number of ketones is 1. The molecule has 0 fully saturated rings. The summed E-state index contributed by atoms with van der Waals surface area (Å²) in [5.41, 5.74) is 5.82. The standard InChI is InChI=1S/C28H29NO3/c1-17-10-6-7-11-22(17)16-29-24-13-9-8-12-23(24)28(32,27(29)31)15-25(30)26-20(4)18(2)14-19(3)21(26)5/h6-14,32H,15-16H2,1-5H3/t28-/m0/s1. The SMILES string of the molecule is Cc1ccccc1CN1C(=O)[C@](O)(CC(=O)c2c(C)c(C)cc(C)c2C)c2ccccc21. The van der Waals surface area contributed by atoms with Crippen molar-refractivity contribution in [2.75, 3.05) is 4.90 Å². The molecule has 0 bridgehead atoms. The van der Waals surface area contributed by atoms with Crippen molar-refractivity contribution in [1.82, 2.24) is 0 Å². The number of hydrogen-bond acceptors (Lipinski definition) is 3. The molecule has 4 nitrogen and oxygen atoms in total.